The Labute approximate surface area is 192 Å². The molecule has 2 heterocycles. The van der Waals surface area contributed by atoms with Gasteiger partial charge in [0.2, 0.25) is 5.72 Å². The van der Waals surface area contributed by atoms with Crippen molar-refractivity contribution in [2.45, 2.75) is 44.9 Å². The quantitative estimate of drug-likeness (QED) is 0.503. The first-order chi connectivity index (χ1) is 16.1. The van der Waals surface area contributed by atoms with Crippen LogP contribution in [0.1, 0.15) is 30.6 Å². The van der Waals surface area contributed by atoms with Crippen LogP contribution in [-0.4, -0.2) is 51.4 Å². The Bertz CT molecular complexity index is 1270. The van der Waals surface area contributed by atoms with E-state index in [9.17, 15) is 27.5 Å². The second-order valence-electron chi connectivity index (χ2n) is 8.13. The van der Waals surface area contributed by atoms with Crippen molar-refractivity contribution in [3.8, 4) is 17.0 Å². The summed E-state index contributed by atoms with van der Waals surface area (Å²) >= 11 is 0. The number of carbonyl (C=O) groups excluding carboxylic acids is 1. The lowest BCUT2D eigenvalue weighted by molar-refractivity contribution is -0.164. The summed E-state index contributed by atoms with van der Waals surface area (Å²) in [6.45, 7) is 3.73. The van der Waals surface area contributed by atoms with E-state index in [1.54, 1.807) is 48.5 Å². The van der Waals surface area contributed by atoms with Crippen LogP contribution in [-0.2, 0) is 0 Å². The highest BCUT2D eigenvalue weighted by Crippen LogP contribution is 2.36. The van der Waals surface area contributed by atoms with Gasteiger partial charge in [-0.05, 0) is 38.1 Å². The van der Waals surface area contributed by atoms with Gasteiger partial charge < -0.3 is 9.84 Å². The van der Waals surface area contributed by atoms with Crippen LogP contribution in [0.25, 0.3) is 22.2 Å². The average Bonchev–Trinajstić information content (AvgIpc) is 3.17. The van der Waals surface area contributed by atoms with Gasteiger partial charge in [-0.25, -0.2) is 22.5 Å². The fourth-order valence-electron chi connectivity index (χ4n) is 3.72. The minimum absolute atomic E-state index is 0.0585. The molecule has 6 nitrogen and oxygen atoms in total. The fourth-order valence-corrected chi connectivity index (χ4v) is 3.72. The molecule has 1 N–H and O–H groups in total. The Hall–Kier alpha value is -3.53. The molecule has 0 radical (unpaired) electrons. The van der Waals surface area contributed by atoms with Gasteiger partial charge in [0, 0.05) is 17.4 Å². The first-order valence-electron chi connectivity index (χ1n) is 10.5. The molecular weight excluding hydrogens is 454 g/mol. The lowest BCUT2D eigenvalue weighted by Gasteiger charge is -2.30. The summed E-state index contributed by atoms with van der Waals surface area (Å²) in [6, 6.07) is 14.8. The number of alkyl halides is 4. The predicted molar refractivity (Wildman–Crippen MR) is 118 cm³/mol. The van der Waals surface area contributed by atoms with Gasteiger partial charge in [-0.2, -0.15) is 10.1 Å². The topological polar surface area (TPSA) is 75.0 Å². The number of rotatable bonds is 6. The molecule has 0 aliphatic carbocycles. The van der Waals surface area contributed by atoms with Gasteiger partial charge in [-0.15, -0.1) is 0 Å². The van der Waals surface area contributed by atoms with Gasteiger partial charge in [0.25, 0.3) is 18.8 Å². The van der Waals surface area contributed by atoms with E-state index in [0.29, 0.717) is 27.9 Å². The maximum Gasteiger partial charge on any atom is 0.287 e. The molecule has 0 fully saturated rings. The van der Waals surface area contributed by atoms with Crippen LogP contribution >= 0.6 is 0 Å². The van der Waals surface area contributed by atoms with Crippen LogP contribution in [0, 0.1) is 0 Å². The third-order valence-electron chi connectivity index (χ3n) is 5.28. The Balaban J connectivity index is 1.85. The molecule has 2 aromatic carbocycles. The summed E-state index contributed by atoms with van der Waals surface area (Å²) in [7, 11) is 0. The van der Waals surface area contributed by atoms with Gasteiger partial charge in [0.05, 0.1) is 22.9 Å². The Morgan fingerprint density at radius 1 is 1.09 bits per heavy atom. The van der Waals surface area contributed by atoms with Gasteiger partial charge >= 0.3 is 0 Å². The van der Waals surface area contributed by atoms with Crippen LogP contribution in [0.15, 0.2) is 59.7 Å². The lowest BCUT2D eigenvalue weighted by Crippen LogP contribution is -2.51. The highest BCUT2D eigenvalue weighted by molar-refractivity contribution is 6.08. The standard InChI is InChI=1S/C24H21F4N3O3/c1-13(2)34-15-7-5-6-14(10-15)19-11-17(16-8-3-4-9-18(16)29-19)22(32)31-24(33,23(27)28)12-20(30-31)21(25)26/h3-11,13,21,23,33H,12H2,1-2H3/t24-/m0/s1. The van der Waals surface area contributed by atoms with E-state index in [4.69, 9.17) is 4.74 Å². The Kier molecular flexibility index (Phi) is 6.26. The van der Waals surface area contributed by atoms with Crippen LogP contribution in [0.2, 0.25) is 0 Å². The number of carbonyl (C=O) groups is 1. The van der Waals surface area contributed by atoms with Crippen molar-refractivity contribution < 1.29 is 32.2 Å². The maximum atomic E-state index is 13.7. The molecule has 34 heavy (non-hydrogen) atoms. The fraction of sp³-hybridized carbons (Fsp3) is 0.292. The summed E-state index contributed by atoms with van der Waals surface area (Å²) in [5.74, 6) is -0.582. The predicted octanol–water partition coefficient (Wildman–Crippen LogP) is 5.11. The van der Waals surface area contributed by atoms with E-state index in [-0.39, 0.29) is 16.7 Å². The molecule has 3 aromatic rings. The molecule has 1 aliphatic rings. The number of hydrazone groups is 1. The third-order valence-corrected chi connectivity index (χ3v) is 5.28. The molecule has 0 unspecified atom stereocenters. The van der Waals surface area contributed by atoms with E-state index in [1.807, 2.05) is 13.8 Å². The summed E-state index contributed by atoms with van der Waals surface area (Å²) in [5.41, 5.74) is -3.01. The molecule has 4 rings (SSSR count). The number of amides is 1. The Morgan fingerprint density at radius 2 is 1.82 bits per heavy atom. The van der Waals surface area contributed by atoms with Crippen molar-refractivity contribution in [1.82, 2.24) is 9.99 Å². The number of halogens is 4. The molecule has 1 atom stereocenters. The zero-order chi connectivity index (χ0) is 24.6. The van der Waals surface area contributed by atoms with E-state index < -0.39 is 36.6 Å². The van der Waals surface area contributed by atoms with Crippen molar-refractivity contribution in [3.05, 3.63) is 60.2 Å². The SMILES string of the molecule is CC(C)Oc1cccc(-c2cc(C(=O)N3N=C(C(F)F)C[C@]3(O)C(F)F)c3ccccc3n2)c1. The summed E-state index contributed by atoms with van der Waals surface area (Å²) in [6.07, 6.45) is -7.95. The number of para-hydroxylation sites is 1. The number of hydrogen-bond donors (Lipinski definition) is 1. The number of nitrogens with zero attached hydrogens (tertiary/aromatic N) is 3. The molecule has 1 amide bonds. The first-order valence-corrected chi connectivity index (χ1v) is 10.5. The minimum Gasteiger partial charge on any atom is -0.491 e. The number of aliphatic hydroxyl groups is 1. The lowest BCUT2D eigenvalue weighted by atomic mass is 10.0. The molecular formula is C24H21F4N3O3. The van der Waals surface area contributed by atoms with Crippen LogP contribution < -0.4 is 4.74 Å². The number of fused-ring (bicyclic) bond motifs is 1. The van der Waals surface area contributed by atoms with E-state index in [0.717, 1.165) is 0 Å². The van der Waals surface area contributed by atoms with Crippen LogP contribution in [0.4, 0.5) is 17.6 Å². The summed E-state index contributed by atoms with van der Waals surface area (Å²) in [5, 5.41) is 14.2. The molecule has 0 bridgehead atoms. The molecule has 178 valence electrons. The number of hydrogen-bond acceptors (Lipinski definition) is 5. The zero-order valence-electron chi connectivity index (χ0n) is 18.3. The normalized spacial score (nSPS) is 18.3. The van der Waals surface area contributed by atoms with Crippen molar-refractivity contribution in [2.24, 2.45) is 5.10 Å². The average molecular weight is 475 g/mol. The third kappa shape index (κ3) is 4.33. The Morgan fingerprint density at radius 3 is 2.50 bits per heavy atom. The number of benzene rings is 2. The molecule has 0 saturated carbocycles. The minimum atomic E-state index is -3.52. The van der Waals surface area contributed by atoms with E-state index >= 15 is 0 Å². The zero-order valence-corrected chi connectivity index (χ0v) is 18.3. The number of pyridine rings is 1. The number of aromatic nitrogens is 1. The smallest absolute Gasteiger partial charge is 0.287 e. The molecule has 0 spiro atoms. The van der Waals surface area contributed by atoms with Crippen molar-refractivity contribution in [3.63, 3.8) is 0 Å². The highest BCUT2D eigenvalue weighted by atomic mass is 19.3. The number of ether oxygens (including phenoxy) is 1. The van der Waals surface area contributed by atoms with E-state index in [2.05, 4.69) is 10.1 Å². The summed E-state index contributed by atoms with van der Waals surface area (Å²) < 4.78 is 59.5. The van der Waals surface area contributed by atoms with Crippen LogP contribution in [0.3, 0.4) is 0 Å². The van der Waals surface area contributed by atoms with Gasteiger partial charge in [-0.1, -0.05) is 30.3 Å². The van der Waals surface area contributed by atoms with Gasteiger partial charge in [-0.3, -0.25) is 4.79 Å². The highest BCUT2D eigenvalue weighted by Gasteiger charge is 2.53. The maximum absolute atomic E-state index is 13.7. The first kappa shape index (κ1) is 23.6. The van der Waals surface area contributed by atoms with Gasteiger partial charge in [0.15, 0.2) is 0 Å². The molecule has 1 aliphatic heterocycles. The van der Waals surface area contributed by atoms with Crippen molar-refractivity contribution in [1.29, 1.82) is 0 Å². The summed E-state index contributed by atoms with van der Waals surface area (Å²) in [4.78, 5) is 17.9. The van der Waals surface area contributed by atoms with Crippen LogP contribution in [0.5, 0.6) is 5.75 Å². The molecule has 1 aromatic heterocycles. The van der Waals surface area contributed by atoms with E-state index in [1.165, 1.54) is 6.07 Å². The largest absolute Gasteiger partial charge is 0.491 e. The van der Waals surface area contributed by atoms with Crippen molar-refractivity contribution >= 4 is 22.5 Å². The molecule has 10 heteroatoms. The van der Waals surface area contributed by atoms with Gasteiger partial charge in [0.1, 0.15) is 11.5 Å². The second-order valence-corrected chi connectivity index (χ2v) is 8.13. The monoisotopic (exact) mass is 475 g/mol. The second kappa shape index (κ2) is 9.02. The van der Waals surface area contributed by atoms with Crippen molar-refractivity contribution in [2.75, 3.05) is 0 Å². The molecule has 0 saturated heterocycles.